The number of carbonyl (C=O) groups is 1. The van der Waals surface area contributed by atoms with Crippen LogP contribution >= 0.6 is 15.9 Å². The van der Waals surface area contributed by atoms with Crippen molar-refractivity contribution in [1.29, 1.82) is 0 Å². The summed E-state index contributed by atoms with van der Waals surface area (Å²) >= 11 is 3.15. The number of fused-ring (bicyclic) bond motifs is 1. The van der Waals surface area contributed by atoms with E-state index in [-0.39, 0.29) is 16.2 Å². The van der Waals surface area contributed by atoms with E-state index in [1.165, 1.54) is 6.07 Å². The fourth-order valence-electron chi connectivity index (χ4n) is 2.55. The minimum atomic E-state index is -0.412. The van der Waals surface area contributed by atoms with Crippen LogP contribution in [0.5, 0.6) is 0 Å². The molecule has 1 aliphatic carbocycles. The second kappa shape index (κ2) is 4.85. The van der Waals surface area contributed by atoms with E-state index in [2.05, 4.69) is 20.9 Å². The molecule has 0 amide bonds. The van der Waals surface area contributed by atoms with E-state index < -0.39 is 5.82 Å². The summed E-state index contributed by atoms with van der Waals surface area (Å²) in [4.78, 5) is 16.9. The zero-order valence-corrected chi connectivity index (χ0v) is 11.7. The Balaban J connectivity index is 2.00. The normalized spacial score (nSPS) is 17.3. The molecule has 0 N–H and O–H groups in total. The molecule has 96 valence electrons. The molecule has 2 aromatic rings. The van der Waals surface area contributed by atoms with Crippen molar-refractivity contribution in [2.45, 2.75) is 18.8 Å². The largest absolute Gasteiger partial charge is 0.293 e. The maximum absolute atomic E-state index is 13.5. The number of hydrogen-bond donors (Lipinski definition) is 0. The molecule has 1 unspecified atom stereocenters. The summed E-state index contributed by atoms with van der Waals surface area (Å²) in [5.74, 6) is -0.733. The summed E-state index contributed by atoms with van der Waals surface area (Å²) in [5.41, 5.74) is 2.35. The standard InChI is InChI=1S/C15H11BrFNO/c16-13-10(4-1-5-12(13)17)15(19)11-7-6-9-3-2-8-18-14(9)11/h1-5,8,11H,6-7H2. The van der Waals surface area contributed by atoms with Gasteiger partial charge in [-0.15, -0.1) is 0 Å². The number of aromatic nitrogens is 1. The number of ketones is 1. The molecule has 0 bridgehead atoms. The number of benzene rings is 1. The highest BCUT2D eigenvalue weighted by molar-refractivity contribution is 9.10. The number of Topliss-reactive ketones (excluding diaryl/α,β-unsaturated/α-hetero) is 1. The van der Waals surface area contributed by atoms with Gasteiger partial charge in [0.05, 0.1) is 16.1 Å². The Bertz CT molecular complexity index is 656. The third-order valence-corrected chi connectivity index (χ3v) is 4.30. The van der Waals surface area contributed by atoms with Crippen molar-refractivity contribution >= 4 is 21.7 Å². The van der Waals surface area contributed by atoms with Gasteiger partial charge in [0.25, 0.3) is 0 Å². The molecule has 2 nitrogen and oxygen atoms in total. The summed E-state index contributed by atoms with van der Waals surface area (Å²) in [6, 6.07) is 8.42. The van der Waals surface area contributed by atoms with Gasteiger partial charge in [-0.2, -0.15) is 0 Å². The molecule has 1 aromatic carbocycles. The van der Waals surface area contributed by atoms with Crippen molar-refractivity contribution in [3.05, 3.63) is 63.6 Å². The van der Waals surface area contributed by atoms with Gasteiger partial charge in [0, 0.05) is 11.8 Å². The number of rotatable bonds is 2. The van der Waals surface area contributed by atoms with Crippen LogP contribution in [0.1, 0.15) is 34.0 Å². The van der Waals surface area contributed by atoms with E-state index in [1.807, 2.05) is 12.1 Å². The molecule has 1 aliphatic rings. The van der Waals surface area contributed by atoms with Crippen LogP contribution < -0.4 is 0 Å². The predicted molar refractivity (Wildman–Crippen MR) is 73.7 cm³/mol. The lowest BCUT2D eigenvalue weighted by Gasteiger charge is -2.11. The zero-order chi connectivity index (χ0) is 13.4. The second-order valence-corrected chi connectivity index (χ2v) is 5.40. The van der Waals surface area contributed by atoms with Crippen molar-refractivity contribution in [1.82, 2.24) is 4.98 Å². The maximum atomic E-state index is 13.5. The molecule has 1 heterocycles. The Morgan fingerprint density at radius 1 is 1.32 bits per heavy atom. The quantitative estimate of drug-likeness (QED) is 0.786. The van der Waals surface area contributed by atoms with Gasteiger partial charge in [-0.1, -0.05) is 18.2 Å². The van der Waals surface area contributed by atoms with E-state index >= 15 is 0 Å². The third kappa shape index (κ3) is 2.10. The third-order valence-electron chi connectivity index (χ3n) is 3.49. The van der Waals surface area contributed by atoms with Crippen molar-refractivity contribution in [3.63, 3.8) is 0 Å². The first-order valence-corrected chi connectivity index (χ1v) is 6.90. The Hall–Kier alpha value is -1.55. The fourth-order valence-corrected chi connectivity index (χ4v) is 3.01. The highest BCUT2D eigenvalue weighted by Crippen LogP contribution is 2.35. The van der Waals surface area contributed by atoms with Crippen LogP contribution in [0, 0.1) is 5.82 Å². The first-order valence-electron chi connectivity index (χ1n) is 6.10. The highest BCUT2D eigenvalue weighted by Gasteiger charge is 2.31. The molecule has 3 rings (SSSR count). The topological polar surface area (TPSA) is 30.0 Å². The molecule has 0 saturated heterocycles. The lowest BCUT2D eigenvalue weighted by atomic mass is 9.95. The lowest BCUT2D eigenvalue weighted by Crippen LogP contribution is -2.12. The van der Waals surface area contributed by atoms with Gasteiger partial charge < -0.3 is 0 Å². The summed E-state index contributed by atoms with van der Waals surface area (Å²) in [6.07, 6.45) is 3.30. The van der Waals surface area contributed by atoms with Crippen LogP contribution in [-0.2, 0) is 6.42 Å². The van der Waals surface area contributed by atoms with Crippen LogP contribution in [0.25, 0.3) is 0 Å². The molecule has 1 aromatic heterocycles. The molecule has 4 heteroatoms. The molecular formula is C15H11BrFNO. The summed E-state index contributed by atoms with van der Waals surface area (Å²) in [5, 5.41) is 0. The number of aryl methyl sites for hydroxylation is 1. The molecule has 0 aliphatic heterocycles. The van der Waals surface area contributed by atoms with Gasteiger partial charge in [0.1, 0.15) is 5.82 Å². The summed E-state index contributed by atoms with van der Waals surface area (Å²) < 4.78 is 13.7. The first kappa shape index (κ1) is 12.5. The van der Waals surface area contributed by atoms with Crippen molar-refractivity contribution < 1.29 is 9.18 Å². The SMILES string of the molecule is O=C(c1cccc(F)c1Br)C1CCc2cccnc21. The van der Waals surface area contributed by atoms with Crippen molar-refractivity contribution in [3.8, 4) is 0 Å². The predicted octanol–water partition coefficient (Wildman–Crippen LogP) is 3.90. The highest BCUT2D eigenvalue weighted by atomic mass is 79.9. The van der Waals surface area contributed by atoms with Gasteiger partial charge in [0.2, 0.25) is 0 Å². The van der Waals surface area contributed by atoms with Gasteiger partial charge in [-0.3, -0.25) is 9.78 Å². The Morgan fingerprint density at radius 3 is 3.00 bits per heavy atom. The van der Waals surface area contributed by atoms with Crippen molar-refractivity contribution in [2.75, 3.05) is 0 Å². The molecule has 0 fully saturated rings. The zero-order valence-electron chi connectivity index (χ0n) is 10.1. The lowest BCUT2D eigenvalue weighted by molar-refractivity contribution is 0.0957. The average Bonchev–Trinajstić information content (AvgIpc) is 2.85. The first-order chi connectivity index (χ1) is 9.18. The van der Waals surface area contributed by atoms with Crippen LogP contribution in [0.3, 0.4) is 0 Å². The average molecular weight is 320 g/mol. The Kier molecular flexibility index (Phi) is 3.19. The van der Waals surface area contributed by atoms with Crippen LogP contribution in [0.4, 0.5) is 4.39 Å². The van der Waals surface area contributed by atoms with Gasteiger partial charge >= 0.3 is 0 Å². The van der Waals surface area contributed by atoms with Crippen LogP contribution in [0.15, 0.2) is 41.0 Å². The van der Waals surface area contributed by atoms with E-state index in [1.54, 1.807) is 18.3 Å². The summed E-state index contributed by atoms with van der Waals surface area (Å²) in [7, 11) is 0. The van der Waals surface area contributed by atoms with Gasteiger partial charge in [-0.05, 0) is 46.5 Å². The minimum absolute atomic E-state index is 0.0659. The molecule has 0 spiro atoms. The number of halogens is 2. The monoisotopic (exact) mass is 319 g/mol. The maximum Gasteiger partial charge on any atom is 0.173 e. The van der Waals surface area contributed by atoms with E-state index in [0.29, 0.717) is 5.56 Å². The fraction of sp³-hybridized carbons (Fsp3) is 0.200. The Labute approximate surface area is 118 Å². The Morgan fingerprint density at radius 2 is 2.16 bits per heavy atom. The van der Waals surface area contributed by atoms with Crippen LogP contribution in [-0.4, -0.2) is 10.8 Å². The number of nitrogens with zero attached hydrogens (tertiary/aromatic N) is 1. The number of carbonyl (C=O) groups excluding carboxylic acids is 1. The van der Waals surface area contributed by atoms with E-state index in [9.17, 15) is 9.18 Å². The summed E-state index contributed by atoms with van der Waals surface area (Å²) in [6.45, 7) is 0. The van der Waals surface area contributed by atoms with E-state index in [4.69, 9.17) is 0 Å². The van der Waals surface area contributed by atoms with Gasteiger partial charge in [0.15, 0.2) is 5.78 Å². The number of hydrogen-bond acceptors (Lipinski definition) is 2. The minimum Gasteiger partial charge on any atom is -0.293 e. The number of pyridine rings is 1. The van der Waals surface area contributed by atoms with E-state index in [0.717, 1.165) is 24.1 Å². The molecule has 0 saturated carbocycles. The molecule has 19 heavy (non-hydrogen) atoms. The molecular weight excluding hydrogens is 309 g/mol. The smallest absolute Gasteiger partial charge is 0.173 e. The molecule has 0 radical (unpaired) electrons. The second-order valence-electron chi connectivity index (χ2n) is 4.60. The van der Waals surface area contributed by atoms with Gasteiger partial charge in [-0.25, -0.2) is 4.39 Å². The van der Waals surface area contributed by atoms with Crippen LogP contribution in [0.2, 0.25) is 0 Å². The van der Waals surface area contributed by atoms with Crippen molar-refractivity contribution in [2.24, 2.45) is 0 Å². The molecule has 1 atom stereocenters.